The third kappa shape index (κ3) is 3.67. The predicted octanol–water partition coefficient (Wildman–Crippen LogP) is 2.42. The highest BCUT2D eigenvalue weighted by Gasteiger charge is 2.39. The van der Waals surface area contributed by atoms with Crippen molar-refractivity contribution in [3.8, 4) is 0 Å². The average molecular weight is 285 g/mol. The summed E-state index contributed by atoms with van der Waals surface area (Å²) in [5.74, 6) is -0.242. The Morgan fingerprint density at radius 3 is 2.53 bits per heavy atom. The summed E-state index contributed by atoms with van der Waals surface area (Å²) in [5.41, 5.74) is 0.726. The zero-order chi connectivity index (χ0) is 14.8. The first kappa shape index (κ1) is 16.4. The van der Waals surface area contributed by atoms with Crippen LogP contribution in [0.3, 0.4) is 0 Å². The molecule has 1 aliphatic heterocycles. The molecular formula is C14H27NO3Si. The van der Waals surface area contributed by atoms with Crippen molar-refractivity contribution in [2.75, 3.05) is 27.3 Å². The van der Waals surface area contributed by atoms with Crippen LogP contribution in [-0.2, 0) is 14.0 Å². The Morgan fingerprint density at radius 2 is 2.05 bits per heavy atom. The van der Waals surface area contributed by atoms with Gasteiger partial charge in [-0.3, -0.25) is 4.90 Å². The summed E-state index contributed by atoms with van der Waals surface area (Å²) in [7, 11) is 1.65. The highest BCUT2D eigenvalue weighted by atomic mass is 28.4. The quantitative estimate of drug-likeness (QED) is 0.587. The third-order valence-electron chi connectivity index (χ3n) is 4.32. The first-order valence-corrected chi connectivity index (χ1v) is 9.63. The molecule has 0 amide bonds. The molecule has 0 saturated heterocycles. The molecule has 0 saturated carbocycles. The van der Waals surface area contributed by atoms with Crippen LogP contribution >= 0.6 is 0 Å². The standard InChI is InChI=1S/C14H27NO3Si/c1-14(2,3)19(6,7)18-10-12-11(13(16)17-5)8-9-15(12)4/h8,12H,9-10H2,1-7H3/t12-/m1/s1. The van der Waals surface area contributed by atoms with Gasteiger partial charge in [-0.05, 0) is 25.2 Å². The SMILES string of the molecule is COC(=O)C1=CCN(C)[C@@H]1CO[Si](C)(C)C(C)(C)C. The second-order valence-corrected chi connectivity index (χ2v) is 11.5. The molecule has 1 heterocycles. The van der Waals surface area contributed by atoms with Gasteiger partial charge in [0.25, 0.3) is 0 Å². The number of hydrogen-bond acceptors (Lipinski definition) is 4. The van der Waals surface area contributed by atoms with Crippen molar-refractivity contribution in [2.45, 2.75) is 44.9 Å². The van der Waals surface area contributed by atoms with Gasteiger partial charge in [-0.2, -0.15) is 0 Å². The summed E-state index contributed by atoms with van der Waals surface area (Å²) in [6.07, 6.45) is 1.94. The largest absolute Gasteiger partial charge is 0.466 e. The number of carbonyl (C=O) groups is 1. The summed E-state index contributed by atoms with van der Waals surface area (Å²) < 4.78 is 11.1. The van der Waals surface area contributed by atoms with Gasteiger partial charge in [0.2, 0.25) is 0 Å². The minimum Gasteiger partial charge on any atom is -0.466 e. The minimum atomic E-state index is -1.78. The minimum absolute atomic E-state index is 0.0153. The van der Waals surface area contributed by atoms with Crippen molar-refractivity contribution >= 4 is 14.3 Å². The summed E-state index contributed by atoms with van der Waals surface area (Å²) in [4.78, 5) is 13.9. The number of carbonyl (C=O) groups excluding carboxylic acids is 1. The number of rotatable bonds is 4. The van der Waals surface area contributed by atoms with Gasteiger partial charge in [0.1, 0.15) is 0 Å². The van der Waals surface area contributed by atoms with Crippen LogP contribution in [-0.4, -0.2) is 52.5 Å². The lowest BCUT2D eigenvalue weighted by Crippen LogP contribution is -2.45. The van der Waals surface area contributed by atoms with Gasteiger partial charge in [-0.25, -0.2) is 4.79 Å². The number of methoxy groups -OCH3 is 1. The van der Waals surface area contributed by atoms with Crippen molar-refractivity contribution in [1.82, 2.24) is 4.90 Å². The van der Waals surface area contributed by atoms with Gasteiger partial charge in [-0.1, -0.05) is 26.8 Å². The molecule has 4 nitrogen and oxygen atoms in total. The fraction of sp³-hybridized carbons (Fsp3) is 0.786. The van der Waals surface area contributed by atoms with Crippen molar-refractivity contribution in [1.29, 1.82) is 0 Å². The molecule has 0 spiro atoms. The number of nitrogens with zero attached hydrogens (tertiary/aromatic N) is 1. The van der Waals surface area contributed by atoms with Crippen LogP contribution in [0.5, 0.6) is 0 Å². The Morgan fingerprint density at radius 1 is 1.47 bits per heavy atom. The zero-order valence-corrected chi connectivity index (χ0v) is 14.2. The highest BCUT2D eigenvalue weighted by Crippen LogP contribution is 2.37. The predicted molar refractivity (Wildman–Crippen MR) is 79.7 cm³/mol. The molecule has 0 bridgehead atoms. The van der Waals surface area contributed by atoms with Crippen molar-refractivity contribution in [3.63, 3.8) is 0 Å². The maximum Gasteiger partial charge on any atom is 0.335 e. The maximum atomic E-state index is 11.7. The number of hydrogen-bond donors (Lipinski definition) is 0. The van der Waals surface area contributed by atoms with E-state index in [4.69, 9.17) is 9.16 Å². The molecule has 110 valence electrons. The Bertz CT molecular complexity index is 371. The van der Waals surface area contributed by atoms with Gasteiger partial charge in [-0.15, -0.1) is 0 Å². The lowest BCUT2D eigenvalue weighted by molar-refractivity contribution is -0.136. The van der Waals surface area contributed by atoms with Crippen LogP contribution < -0.4 is 0 Å². The zero-order valence-electron chi connectivity index (χ0n) is 13.2. The second kappa shape index (κ2) is 5.77. The second-order valence-electron chi connectivity index (χ2n) is 6.68. The summed E-state index contributed by atoms with van der Waals surface area (Å²) in [5, 5.41) is 0.180. The van der Waals surface area contributed by atoms with Gasteiger partial charge in [0, 0.05) is 6.54 Å². The normalized spacial score (nSPS) is 21.4. The lowest BCUT2D eigenvalue weighted by Gasteiger charge is -2.37. The molecule has 0 aliphatic carbocycles. The van der Waals surface area contributed by atoms with Crippen LogP contribution in [0, 0.1) is 0 Å². The maximum absolute atomic E-state index is 11.7. The molecular weight excluding hydrogens is 258 g/mol. The van der Waals surface area contributed by atoms with E-state index in [0.717, 1.165) is 12.1 Å². The fourth-order valence-corrected chi connectivity index (χ4v) is 2.81. The van der Waals surface area contributed by atoms with Crippen LogP contribution in [0.1, 0.15) is 20.8 Å². The highest BCUT2D eigenvalue weighted by molar-refractivity contribution is 6.74. The number of likely N-dealkylation sites (N-methyl/N-ethyl adjacent to an activating group) is 1. The smallest absolute Gasteiger partial charge is 0.335 e. The molecule has 19 heavy (non-hydrogen) atoms. The molecule has 0 aromatic carbocycles. The molecule has 1 aliphatic rings. The van der Waals surface area contributed by atoms with E-state index in [9.17, 15) is 4.79 Å². The first-order valence-electron chi connectivity index (χ1n) is 6.72. The molecule has 1 atom stereocenters. The van der Waals surface area contributed by atoms with Crippen molar-refractivity contribution < 1.29 is 14.0 Å². The monoisotopic (exact) mass is 285 g/mol. The Labute approximate surface area is 117 Å². The first-order chi connectivity index (χ1) is 8.60. The van der Waals surface area contributed by atoms with Gasteiger partial charge in [0.05, 0.1) is 25.3 Å². The number of esters is 1. The van der Waals surface area contributed by atoms with Crippen LogP contribution in [0.2, 0.25) is 18.1 Å². The van der Waals surface area contributed by atoms with Crippen molar-refractivity contribution in [3.05, 3.63) is 11.6 Å². The third-order valence-corrected chi connectivity index (χ3v) is 8.82. The van der Waals surface area contributed by atoms with Crippen molar-refractivity contribution in [2.24, 2.45) is 0 Å². The molecule has 5 heteroatoms. The van der Waals surface area contributed by atoms with Gasteiger partial charge < -0.3 is 9.16 Å². The Hall–Kier alpha value is -0.653. The van der Waals surface area contributed by atoms with E-state index in [0.29, 0.717) is 6.61 Å². The molecule has 1 rings (SSSR count). The summed E-state index contributed by atoms with van der Waals surface area (Å²) in [6.45, 7) is 12.4. The molecule has 0 aromatic heterocycles. The Balaban J connectivity index is 2.71. The molecule has 0 unspecified atom stereocenters. The summed E-state index contributed by atoms with van der Waals surface area (Å²) in [6, 6.07) is 0.0153. The van der Waals surface area contributed by atoms with E-state index in [2.05, 4.69) is 38.8 Å². The molecule has 0 aromatic rings. The van der Waals surface area contributed by atoms with Crippen LogP contribution in [0.4, 0.5) is 0 Å². The van der Waals surface area contributed by atoms with E-state index >= 15 is 0 Å². The van der Waals surface area contributed by atoms with E-state index in [1.54, 1.807) is 0 Å². The Kier molecular flexibility index (Phi) is 4.98. The number of ether oxygens (including phenoxy) is 1. The average Bonchev–Trinajstić information content (AvgIpc) is 2.65. The van der Waals surface area contributed by atoms with Gasteiger partial charge >= 0.3 is 5.97 Å². The lowest BCUT2D eigenvalue weighted by atomic mass is 10.1. The molecule has 0 radical (unpaired) electrons. The van der Waals surface area contributed by atoms with Crippen LogP contribution in [0.15, 0.2) is 11.6 Å². The summed E-state index contributed by atoms with van der Waals surface area (Å²) >= 11 is 0. The van der Waals surface area contributed by atoms with Gasteiger partial charge in [0.15, 0.2) is 8.32 Å². The van der Waals surface area contributed by atoms with Crippen LogP contribution in [0.25, 0.3) is 0 Å². The molecule has 0 N–H and O–H groups in total. The van der Waals surface area contributed by atoms with E-state index in [-0.39, 0.29) is 17.0 Å². The van der Waals surface area contributed by atoms with E-state index in [1.807, 2.05) is 13.1 Å². The molecule has 0 fully saturated rings. The van der Waals surface area contributed by atoms with E-state index < -0.39 is 8.32 Å². The topological polar surface area (TPSA) is 38.8 Å². The fourth-order valence-electron chi connectivity index (χ4n) is 1.80. The van der Waals surface area contributed by atoms with E-state index in [1.165, 1.54) is 7.11 Å².